The molecule has 4 atom stereocenters. The first kappa shape index (κ1) is 16.9. The molecule has 2 heterocycles. The number of methoxy groups -OCH3 is 1. The lowest BCUT2D eigenvalue weighted by atomic mass is 9.98. The average molecular weight is 322 g/mol. The Kier molecular flexibility index (Phi) is 5.22. The van der Waals surface area contributed by atoms with Gasteiger partial charge in [0.15, 0.2) is 0 Å². The zero-order chi connectivity index (χ0) is 16.3. The number of halogens is 3. The van der Waals surface area contributed by atoms with E-state index in [0.29, 0.717) is 0 Å². The number of aliphatic hydroxyl groups is 2. The fourth-order valence-corrected chi connectivity index (χ4v) is 2.18. The molecule has 0 amide bonds. The van der Waals surface area contributed by atoms with E-state index in [1.807, 2.05) is 0 Å². The van der Waals surface area contributed by atoms with Crippen LogP contribution in [0.15, 0.2) is 18.2 Å². The summed E-state index contributed by atoms with van der Waals surface area (Å²) in [6.45, 7) is 0.108. The molecular weight excluding hydrogens is 305 g/mol. The molecule has 9 heteroatoms. The Morgan fingerprint density at radius 1 is 1.36 bits per heavy atom. The van der Waals surface area contributed by atoms with E-state index in [1.54, 1.807) is 0 Å². The van der Waals surface area contributed by atoms with Crippen LogP contribution in [-0.4, -0.2) is 59.9 Å². The first-order chi connectivity index (χ1) is 10.3. The van der Waals surface area contributed by atoms with Gasteiger partial charge in [-0.1, -0.05) is 6.07 Å². The number of ether oxygens (including phenoxy) is 2. The van der Waals surface area contributed by atoms with Crippen LogP contribution in [-0.2, 0) is 15.7 Å². The maximum atomic E-state index is 12.6. The smallest absolute Gasteiger partial charge is 0.388 e. The Morgan fingerprint density at radius 2 is 2.09 bits per heavy atom. The molecule has 0 bridgehead atoms. The van der Waals surface area contributed by atoms with Gasteiger partial charge in [-0.05, 0) is 12.1 Å². The normalized spacial score (nSPS) is 29.4. The summed E-state index contributed by atoms with van der Waals surface area (Å²) in [5.74, 6) is -0.0557. The summed E-state index contributed by atoms with van der Waals surface area (Å²) in [5.41, 5.74) is -1.04. The quantitative estimate of drug-likeness (QED) is 0.755. The third kappa shape index (κ3) is 3.86. The molecule has 0 spiro atoms. The van der Waals surface area contributed by atoms with Crippen LogP contribution in [0.2, 0.25) is 0 Å². The Hall–Kier alpha value is -1.42. The Morgan fingerprint density at radius 3 is 2.73 bits per heavy atom. The molecular formula is C13H17F3N2O4. The number of nitrogens with zero attached hydrogens (tertiary/aromatic N) is 1. The average Bonchev–Trinajstić information content (AvgIpc) is 2.46. The molecule has 1 saturated heterocycles. The van der Waals surface area contributed by atoms with Crippen LogP contribution in [0.1, 0.15) is 5.69 Å². The second kappa shape index (κ2) is 6.78. The standard InChI is InChI=1S/C13H17F3N2O4/c1-21-6-8-12(20)11(19)7(5-22-8)17-10-4-2-3-9(18-10)13(14,15)16/h2-4,7-8,11-12,19-20H,5-6H2,1H3,(H,17,18)/t7-,8+,11+,12-/m0/s1. The number of aromatic nitrogens is 1. The number of hydrogen-bond acceptors (Lipinski definition) is 6. The van der Waals surface area contributed by atoms with E-state index in [-0.39, 0.29) is 19.0 Å². The second-order valence-electron chi connectivity index (χ2n) is 4.96. The van der Waals surface area contributed by atoms with Gasteiger partial charge >= 0.3 is 6.18 Å². The molecule has 3 N–H and O–H groups in total. The highest BCUT2D eigenvalue weighted by Crippen LogP contribution is 2.28. The number of rotatable bonds is 4. The topological polar surface area (TPSA) is 83.8 Å². The number of anilines is 1. The molecule has 1 fully saturated rings. The fourth-order valence-electron chi connectivity index (χ4n) is 2.18. The number of nitrogens with one attached hydrogen (secondary N) is 1. The van der Waals surface area contributed by atoms with Gasteiger partial charge in [0.2, 0.25) is 0 Å². The second-order valence-corrected chi connectivity index (χ2v) is 4.96. The Balaban J connectivity index is 2.05. The predicted octanol–water partition coefficient (Wildman–Crippen LogP) is 0.648. The molecule has 0 aliphatic carbocycles. The lowest BCUT2D eigenvalue weighted by Gasteiger charge is -2.37. The van der Waals surface area contributed by atoms with Gasteiger partial charge in [-0.2, -0.15) is 13.2 Å². The predicted molar refractivity (Wildman–Crippen MR) is 70.3 cm³/mol. The molecule has 1 aliphatic rings. The number of hydrogen-bond donors (Lipinski definition) is 3. The molecule has 0 saturated carbocycles. The minimum Gasteiger partial charge on any atom is -0.388 e. The molecule has 1 aliphatic heterocycles. The van der Waals surface area contributed by atoms with Crippen molar-refractivity contribution in [1.29, 1.82) is 0 Å². The van der Waals surface area contributed by atoms with Crippen molar-refractivity contribution in [3.8, 4) is 0 Å². The van der Waals surface area contributed by atoms with Crippen molar-refractivity contribution in [3.63, 3.8) is 0 Å². The summed E-state index contributed by atoms with van der Waals surface area (Å²) in [6, 6.07) is 2.62. The van der Waals surface area contributed by atoms with E-state index >= 15 is 0 Å². The van der Waals surface area contributed by atoms with Gasteiger partial charge in [0.1, 0.15) is 29.8 Å². The molecule has 1 aromatic heterocycles. The van der Waals surface area contributed by atoms with E-state index in [4.69, 9.17) is 9.47 Å². The third-order valence-corrected chi connectivity index (χ3v) is 3.34. The maximum Gasteiger partial charge on any atom is 0.433 e. The summed E-state index contributed by atoms with van der Waals surface area (Å²) < 4.78 is 48.0. The molecule has 0 radical (unpaired) electrons. The lowest BCUT2D eigenvalue weighted by Crippen LogP contribution is -2.56. The van der Waals surface area contributed by atoms with Gasteiger partial charge in [-0.15, -0.1) is 0 Å². The van der Waals surface area contributed by atoms with E-state index in [1.165, 1.54) is 19.2 Å². The summed E-state index contributed by atoms with van der Waals surface area (Å²) in [4.78, 5) is 3.44. The van der Waals surface area contributed by atoms with Crippen LogP contribution in [0.25, 0.3) is 0 Å². The number of alkyl halides is 3. The fraction of sp³-hybridized carbons (Fsp3) is 0.615. The third-order valence-electron chi connectivity index (χ3n) is 3.34. The Labute approximate surface area is 124 Å². The van der Waals surface area contributed by atoms with Crippen molar-refractivity contribution >= 4 is 5.82 Å². The number of pyridine rings is 1. The van der Waals surface area contributed by atoms with Gasteiger partial charge in [0, 0.05) is 7.11 Å². The van der Waals surface area contributed by atoms with Crippen LogP contribution in [0.3, 0.4) is 0 Å². The van der Waals surface area contributed by atoms with Gasteiger partial charge < -0.3 is 25.0 Å². The van der Waals surface area contributed by atoms with Gasteiger partial charge in [0.25, 0.3) is 0 Å². The SMILES string of the molecule is COC[C@H]1OC[C@H](Nc2cccc(C(F)(F)F)n2)[C@@H](O)[C@H]1O. The minimum absolute atomic E-state index is 0.00415. The highest BCUT2D eigenvalue weighted by atomic mass is 19.4. The highest BCUT2D eigenvalue weighted by Gasteiger charge is 2.39. The van der Waals surface area contributed by atoms with Gasteiger partial charge in [-0.3, -0.25) is 0 Å². The van der Waals surface area contributed by atoms with Gasteiger partial charge in [0.05, 0.1) is 19.3 Å². The molecule has 1 aromatic rings. The van der Waals surface area contributed by atoms with Crippen LogP contribution in [0.5, 0.6) is 0 Å². The van der Waals surface area contributed by atoms with E-state index in [2.05, 4.69) is 10.3 Å². The van der Waals surface area contributed by atoms with E-state index < -0.39 is 36.2 Å². The molecule has 0 aromatic carbocycles. The van der Waals surface area contributed by atoms with Gasteiger partial charge in [-0.25, -0.2) is 4.98 Å². The monoisotopic (exact) mass is 322 g/mol. The van der Waals surface area contributed by atoms with E-state index in [0.717, 1.165) is 6.07 Å². The summed E-state index contributed by atoms with van der Waals surface area (Å²) >= 11 is 0. The van der Waals surface area contributed by atoms with Crippen molar-refractivity contribution in [1.82, 2.24) is 4.98 Å². The Bertz CT molecular complexity index is 500. The molecule has 2 rings (SSSR count). The first-order valence-electron chi connectivity index (χ1n) is 6.60. The van der Waals surface area contributed by atoms with Crippen LogP contribution < -0.4 is 5.32 Å². The minimum atomic E-state index is -4.55. The molecule has 6 nitrogen and oxygen atoms in total. The van der Waals surface area contributed by atoms with Crippen molar-refractivity contribution < 1.29 is 32.9 Å². The van der Waals surface area contributed by atoms with Crippen molar-refractivity contribution in [2.45, 2.75) is 30.5 Å². The summed E-state index contributed by atoms with van der Waals surface area (Å²) in [7, 11) is 1.43. The number of aliphatic hydroxyl groups excluding tert-OH is 2. The summed E-state index contributed by atoms with van der Waals surface area (Å²) in [6.07, 6.45) is -7.67. The van der Waals surface area contributed by atoms with Crippen LogP contribution in [0, 0.1) is 0 Å². The van der Waals surface area contributed by atoms with Crippen LogP contribution >= 0.6 is 0 Å². The molecule has 0 unspecified atom stereocenters. The maximum absolute atomic E-state index is 12.6. The first-order valence-corrected chi connectivity index (χ1v) is 6.60. The molecule has 124 valence electrons. The zero-order valence-electron chi connectivity index (χ0n) is 11.7. The highest BCUT2D eigenvalue weighted by molar-refractivity contribution is 5.37. The molecule has 22 heavy (non-hydrogen) atoms. The van der Waals surface area contributed by atoms with E-state index in [9.17, 15) is 23.4 Å². The van der Waals surface area contributed by atoms with Crippen molar-refractivity contribution in [3.05, 3.63) is 23.9 Å². The summed E-state index contributed by atoms with van der Waals surface area (Å²) in [5, 5.41) is 22.6. The van der Waals surface area contributed by atoms with Crippen molar-refractivity contribution in [2.24, 2.45) is 0 Å². The largest absolute Gasteiger partial charge is 0.433 e. The lowest BCUT2D eigenvalue weighted by molar-refractivity contribution is -0.156. The van der Waals surface area contributed by atoms with Crippen molar-refractivity contribution in [2.75, 3.05) is 25.6 Å². The zero-order valence-corrected chi connectivity index (χ0v) is 11.7. The van der Waals surface area contributed by atoms with Crippen LogP contribution in [0.4, 0.5) is 19.0 Å².